The van der Waals surface area contributed by atoms with Gasteiger partial charge >= 0.3 is 10.2 Å². The van der Waals surface area contributed by atoms with Crippen LogP contribution in [0.15, 0.2) is 0 Å². The quantitative estimate of drug-likeness (QED) is 0.315. The number of hydroxylamine groups is 2. The molecule has 0 amide bonds. The molecular formula is C3H6ClNO2S. The first-order valence-corrected chi connectivity index (χ1v) is 4.25. The molecule has 1 saturated heterocycles. The van der Waals surface area contributed by atoms with Crippen molar-refractivity contribution in [3.8, 4) is 0 Å². The minimum atomic E-state index is -1.73. The van der Waals surface area contributed by atoms with E-state index in [9.17, 15) is 9.42 Å². The fourth-order valence-corrected chi connectivity index (χ4v) is 1.52. The van der Waals surface area contributed by atoms with Gasteiger partial charge in [0.2, 0.25) is 0 Å². The molecule has 0 spiro atoms. The molecular weight excluding hydrogens is 150 g/mol. The molecule has 1 fully saturated rings. The second kappa shape index (κ2) is 1.95. The Morgan fingerprint density at radius 1 is 1.62 bits per heavy atom. The lowest BCUT2D eigenvalue weighted by molar-refractivity contribution is -0.790. The summed E-state index contributed by atoms with van der Waals surface area (Å²) in [5.41, 5.74) is 0. The van der Waals surface area contributed by atoms with Crippen molar-refractivity contribution in [2.45, 2.75) is 6.42 Å². The average Bonchev–Trinajstić information content (AvgIpc) is 1.60. The molecule has 1 aliphatic rings. The molecule has 1 aliphatic heterocycles. The van der Waals surface area contributed by atoms with Crippen molar-refractivity contribution in [2.24, 2.45) is 0 Å². The molecule has 0 aromatic heterocycles. The van der Waals surface area contributed by atoms with Crippen LogP contribution in [0, 0.1) is 5.21 Å². The molecule has 0 N–H and O–H groups in total. The number of nitrogens with zero attached hydrogens (tertiary/aromatic N) is 1. The maximum Gasteiger partial charge on any atom is 0.308 e. The van der Waals surface area contributed by atoms with Crippen LogP contribution in [-0.4, -0.2) is 21.4 Å². The highest BCUT2D eigenvalue weighted by Gasteiger charge is 2.32. The second-order valence-electron chi connectivity index (χ2n) is 1.82. The monoisotopic (exact) mass is 155 g/mol. The second-order valence-corrected chi connectivity index (χ2v) is 3.69. The summed E-state index contributed by atoms with van der Waals surface area (Å²) in [6.07, 6.45) is 0.849. The van der Waals surface area contributed by atoms with Crippen molar-refractivity contribution >= 4 is 20.9 Å². The predicted molar refractivity (Wildman–Crippen MR) is 32.0 cm³/mol. The highest BCUT2D eigenvalue weighted by atomic mass is 35.7. The summed E-state index contributed by atoms with van der Waals surface area (Å²) in [6, 6.07) is 0. The van der Waals surface area contributed by atoms with Gasteiger partial charge in [-0.05, 0) is 0 Å². The lowest BCUT2D eigenvalue weighted by atomic mass is 10.3. The predicted octanol–water partition coefficient (Wildman–Crippen LogP) is 0.522. The maximum atomic E-state index is 10.8. The molecule has 1 heterocycles. The summed E-state index contributed by atoms with van der Waals surface area (Å²) in [5.74, 6) is 0. The summed E-state index contributed by atoms with van der Waals surface area (Å²) < 4.78 is 9.58. The molecule has 1 unspecified atom stereocenters. The average molecular weight is 156 g/mol. The standard InChI is InChI=1S/C3H6ClNO2S/c4-8(7)5(6)2-1-3-5/h1-3H2. The van der Waals surface area contributed by atoms with Crippen LogP contribution in [0.25, 0.3) is 0 Å². The van der Waals surface area contributed by atoms with Crippen LogP contribution in [0.5, 0.6) is 0 Å². The van der Waals surface area contributed by atoms with Gasteiger partial charge in [-0.3, -0.25) is 4.05 Å². The Morgan fingerprint density at radius 2 is 2.12 bits per heavy atom. The molecule has 0 bridgehead atoms. The molecule has 0 aliphatic carbocycles. The van der Waals surface area contributed by atoms with E-state index in [1.54, 1.807) is 0 Å². The number of quaternary nitrogens is 1. The van der Waals surface area contributed by atoms with Crippen LogP contribution in [0.4, 0.5) is 0 Å². The number of halogens is 1. The number of hydrogen-bond acceptors (Lipinski definition) is 2. The molecule has 3 nitrogen and oxygen atoms in total. The Kier molecular flexibility index (Phi) is 1.58. The first kappa shape index (κ1) is 6.48. The maximum absolute atomic E-state index is 10.8. The van der Waals surface area contributed by atoms with Crippen molar-refractivity contribution in [3.05, 3.63) is 5.21 Å². The van der Waals surface area contributed by atoms with Gasteiger partial charge in [0.15, 0.2) is 0 Å². The lowest BCUT2D eigenvalue weighted by Gasteiger charge is -2.44. The fourth-order valence-electron chi connectivity index (χ4n) is 0.560. The molecule has 1 rings (SSSR count). The van der Waals surface area contributed by atoms with Crippen molar-refractivity contribution in [1.29, 1.82) is 0 Å². The minimum absolute atomic E-state index is 0.413. The normalized spacial score (nSPS) is 28.8. The van der Waals surface area contributed by atoms with Gasteiger partial charge in [-0.1, -0.05) is 0 Å². The topological polar surface area (TPSA) is 40.1 Å². The number of rotatable bonds is 1. The van der Waals surface area contributed by atoms with Crippen molar-refractivity contribution in [2.75, 3.05) is 13.1 Å². The summed E-state index contributed by atoms with van der Waals surface area (Å²) in [6.45, 7) is 0.826. The Labute approximate surface area is 54.5 Å². The minimum Gasteiger partial charge on any atom is -0.617 e. The molecule has 0 aromatic carbocycles. The fraction of sp³-hybridized carbons (Fsp3) is 1.00. The van der Waals surface area contributed by atoms with Gasteiger partial charge in [-0.25, -0.2) is 0 Å². The third kappa shape index (κ3) is 0.886. The van der Waals surface area contributed by atoms with E-state index in [4.69, 9.17) is 10.7 Å². The smallest absolute Gasteiger partial charge is 0.308 e. The Morgan fingerprint density at radius 3 is 2.12 bits per heavy atom. The summed E-state index contributed by atoms with van der Waals surface area (Å²) in [7, 11) is 3.32. The summed E-state index contributed by atoms with van der Waals surface area (Å²) in [5, 5.41) is 10.8. The van der Waals surface area contributed by atoms with Crippen LogP contribution in [0.1, 0.15) is 6.42 Å². The van der Waals surface area contributed by atoms with E-state index >= 15 is 0 Å². The van der Waals surface area contributed by atoms with Crippen LogP contribution in [0.2, 0.25) is 0 Å². The van der Waals surface area contributed by atoms with E-state index < -0.39 is 14.3 Å². The third-order valence-corrected chi connectivity index (χ3v) is 2.90. The van der Waals surface area contributed by atoms with Crippen molar-refractivity contribution in [3.63, 3.8) is 0 Å². The van der Waals surface area contributed by atoms with Gasteiger partial charge in [0.1, 0.15) is 0 Å². The van der Waals surface area contributed by atoms with Gasteiger partial charge < -0.3 is 5.21 Å². The number of hydrogen-bond donors (Lipinski definition) is 0. The molecule has 0 radical (unpaired) electrons. The summed E-state index contributed by atoms with van der Waals surface area (Å²) in [4.78, 5) is 0. The van der Waals surface area contributed by atoms with E-state index in [0.717, 1.165) is 6.42 Å². The van der Waals surface area contributed by atoms with E-state index in [-0.39, 0.29) is 0 Å². The molecule has 1 atom stereocenters. The van der Waals surface area contributed by atoms with Crippen molar-refractivity contribution < 1.29 is 8.26 Å². The third-order valence-electron chi connectivity index (χ3n) is 1.26. The zero-order valence-corrected chi connectivity index (χ0v) is 5.74. The lowest BCUT2D eigenvalue weighted by Crippen LogP contribution is -2.52. The van der Waals surface area contributed by atoms with Gasteiger partial charge in [-0.2, -0.15) is 4.21 Å². The highest BCUT2D eigenvalue weighted by Crippen LogP contribution is 2.22. The van der Waals surface area contributed by atoms with Crippen LogP contribution >= 0.6 is 10.7 Å². The van der Waals surface area contributed by atoms with E-state index in [0.29, 0.717) is 13.1 Å². The SMILES string of the molecule is O=S(Cl)[N+]1([O-])CCC1. The molecule has 0 saturated carbocycles. The van der Waals surface area contributed by atoms with Gasteiger partial charge in [-0.15, -0.1) is 0 Å². The Hall–Kier alpha value is 0.360. The van der Waals surface area contributed by atoms with Gasteiger partial charge in [0.05, 0.1) is 23.8 Å². The van der Waals surface area contributed by atoms with E-state index in [1.165, 1.54) is 0 Å². The van der Waals surface area contributed by atoms with Crippen LogP contribution in [-0.2, 0) is 10.2 Å². The first-order valence-electron chi connectivity index (χ1n) is 2.32. The largest absolute Gasteiger partial charge is 0.617 e. The highest BCUT2D eigenvalue weighted by molar-refractivity contribution is 8.03. The Bertz CT molecular complexity index is 124. The zero-order chi connectivity index (χ0) is 6.20. The van der Waals surface area contributed by atoms with E-state index in [2.05, 4.69) is 0 Å². The zero-order valence-electron chi connectivity index (χ0n) is 4.17. The first-order chi connectivity index (χ1) is 3.65. The van der Waals surface area contributed by atoms with Gasteiger partial charge in [0.25, 0.3) is 0 Å². The summed E-state index contributed by atoms with van der Waals surface area (Å²) >= 11 is 0. The molecule has 5 heteroatoms. The Balaban J connectivity index is 2.53. The van der Waals surface area contributed by atoms with Crippen LogP contribution < -0.4 is 0 Å². The van der Waals surface area contributed by atoms with Crippen LogP contribution in [0.3, 0.4) is 0 Å². The van der Waals surface area contributed by atoms with Crippen molar-refractivity contribution in [1.82, 2.24) is 0 Å². The molecule has 48 valence electrons. The van der Waals surface area contributed by atoms with E-state index in [1.807, 2.05) is 0 Å². The van der Waals surface area contributed by atoms with Gasteiger partial charge in [0, 0.05) is 6.42 Å². The molecule has 8 heavy (non-hydrogen) atoms. The molecule has 0 aromatic rings.